The summed E-state index contributed by atoms with van der Waals surface area (Å²) in [6, 6.07) is 6.74. The lowest BCUT2D eigenvalue weighted by Crippen LogP contribution is -2.52. The highest BCUT2D eigenvalue weighted by molar-refractivity contribution is 8.17. The van der Waals surface area contributed by atoms with Gasteiger partial charge in [0.15, 0.2) is 10.3 Å². The van der Waals surface area contributed by atoms with Crippen LogP contribution < -0.4 is 10.1 Å². The largest absolute Gasteiger partial charge is 0.497 e. The number of carbonyl (C=O) groups excluding carboxylic acids is 1. The van der Waals surface area contributed by atoms with Gasteiger partial charge in [0.2, 0.25) is 0 Å². The van der Waals surface area contributed by atoms with E-state index >= 15 is 0 Å². The van der Waals surface area contributed by atoms with Crippen molar-refractivity contribution in [2.75, 3.05) is 7.11 Å². The third-order valence-electron chi connectivity index (χ3n) is 4.12. The van der Waals surface area contributed by atoms with Crippen LogP contribution in [0.3, 0.4) is 0 Å². The fraction of sp³-hybridized carbons (Fsp3) is 0.200. The van der Waals surface area contributed by atoms with Gasteiger partial charge in [0.25, 0.3) is 5.91 Å². The van der Waals surface area contributed by atoms with Crippen molar-refractivity contribution < 1.29 is 14.5 Å². The Bertz CT molecular complexity index is 924. The van der Waals surface area contributed by atoms with Crippen LogP contribution in [0.15, 0.2) is 45.5 Å². The van der Waals surface area contributed by atoms with Gasteiger partial charge in [0, 0.05) is 11.8 Å². The summed E-state index contributed by atoms with van der Waals surface area (Å²) in [6.07, 6.45) is 1.32. The third-order valence-corrected chi connectivity index (χ3v) is 5.26. The number of nitrogens with one attached hydrogen (secondary N) is 1. The molecule has 0 radical (unpaired) electrons. The van der Waals surface area contributed by atoms with E-state index in [2.05, 4.69) is 15.3 Å². The predicted octanol–water partition coefficient (Wildman–Crippen LogP) is 1.66. The second-order valence-electron chi connectivity index (χ2n) is 5.58. The Labute approximate surface area is 157 Å². The van der Waals surface area contributed by atoms with Gasteiger partial charge < -0.3 is 10.1 Å². The van der Waals surface area contributed by atoms with Crippen molar-refractivity contribution in [2.45, 2.75) is 6.04 Å². The van der Waals surface area contributed by atoms with Crippen molar-refractivity contribution >= 4 is 46.0 Å². The van der Waals surface area contributed by atoms with Gasteiger partial charge in [-0.15, -0.1) is 0 Å². The topological polar surface area (TPSA) is 109 Å². The minimum atomic E-state index is -0.734. The molecule has 132 valence electrons. The van der Waals surface area contributed by atoms with E-state index in [1.54, 1.807) is 19.2 Å². The van der Waals surface area contributed by atoms with E-state index in [0.717, 1.165) is 17.3 Å². The molecule has 1 aromatic rings. The lowest BCUT2D eigenvalue weighted by molar-refractivity contribution is -0.410. The van der Waals surface area contributed by atoms with Crippen molar-refractivity contribution in [2.24, 2.45) is 15.9 Å². The molecular weight excluding hydrogens is 378 g/mol. The average Bonchev–Trinajstić information content (AvgIpc) is 3.05. The highest BCUT2D eigenvalue weighted by atomic mass is 32.2. The molecule has 1 N–H and O–H groups in total. The molecule has 0 fully saturated rings. The zero-order valence-electron chi connectivity index (χ0n) is 13.3. The number of methoxy groups -OCH3 is 1. The van der Waals surface area contributed by atoms with Crippen molar-refractivity contribution in [3.8, 4) is 5.75 Å². The molecule has 1 amide bonds. The Hall–Kier alpha value is -2.79. The van der Waals surface area contributed by atoms with Gasteiger partial charge in [0.1, 0.15) is 17.5 Å². The van der Waals surface area contributed by atoms with Crippen molar-refractivity contribution in [3.05, 3.63) is 51.2 Å². The zero-order chi connectivity index (χ0) is 18.4. The van der Waals surface area contributed by atoms with Gasteiger partial charge >= 0.3 is 5.03 Å². The number of amidine groups is 2. The number of nitro groups is 1. The fourth-order valence-electron chi connectivity index (χ4n) is 2.94. The Morgan fingerprint density at radius 1 is 1.35 bits per heavy atom. The fourth-order valence-corrected chi connectivity index (χ4v) is 3.96. The number of nitrogens with zero attached hydrogens (tertiary/aromatic N) is 4. The van der Waals surface area contributed by atoms with Crippen molar-refractivity contribution in [1.82, 2.24) is 10.2 Å². The number of hydrogen-bond donors (Lipinski definition) is 1. The first-order valence-electron chi connectivity index (χ1n) is 7.47. The molecule has 3 aliphatic rings. The predicted molar refractivity (Wildman–Crippen MR) is 99.3 cm³/mol. The Kier molecular flexibility index (Phi) is 3.96. The van der Waals surface area contributed by atoms with Crippen LogP contribution in [0.5, 0.6) is 5.75 Å². The maximum Gasteiger partial charge on any atom is 0.327 e. The third kappa shape index (κ3) is 2.65. The maximum absolute atomic E-state index is 12.7. The highest BCUT2D eigenvalue weighted by Gasteiger charge is 2.47. The van der Waals surface area contributed by atoms with E-state index in [1.807, 2.05) is 12.1 Å². The first-order chi connectivity index (χ1) is 12.5. The van der Waals surface area contributed by atoms with Crippen LogP contribution in [0.25, 0.3) is 0 Å². The Balaban J connectivity index is 1.76. The molecule has 4 rings (SSSR count). The first-order valence-corrected chi connectivity index (χ1v) is 8.69. The van der Waals surface area contributed by atoms with Gasteiger partial charge in [-0.05, 0) is 29.9 Å². The summed E-state index contributed by atoms with van der Waals surface area (Å²) in [5.74, 6) is -0.127. The number of aliphatic imine (C=N–C) groups is 2. The van der Waals surface area contributed by atoms with Gasteiger partial charge in [-0.3, -0.25) is 19.8 Å². The van der Waals surface area contributed by atoms with E-state index in [9.17, 15) is 14.9 Å². The summed E-state index contributed by atoms with van der Waals surface area (Å²) in [6.45, 7) is 0. The number of rotatable bonds is 3. The molecule has 11 heteroatoms. The minimum absolute atomic E-state index is 0.120. The summed E-state index contributed by atoms with van der Waals surface area (Å²) in [4.78, 5) is 32.9. The van der Waals surface area contributed by atoms with Crippen molar-refractivity contribution in [1.29, 1.82) is 0 Å². The first kappa shape index (κ1) is 16.7. The van der Waals surface area contributed by atoms with Gasteiger partial charge in [-0.25, -0.2) is 4.99 Å². The summed E-state index contributed by atoms with van der Waals surface area (Å²) in [5, 5.41) is 14.4. The van der Waals surface area contributed by atoms with Crippen LogP contribution in [-0.2, 0) is 4.79 Å². The normalized spacial score (nSPS) is 24.0. The monoisotopic (exact) mass is 389 g/mol. The minimum Gasteiger partial charge on any atom is -0.497 e. The van der Waals surface area contributed by atoms with E-state index < -0.39 is 22.8 Å². The molecule has 0 bridgehead atoms. The van der Waals surface area contributed by atoms with Gasteiger partial charge in [-0.2, -0.15) is 4.99 Å². The maximum atomic E-state index is 12.7. The number of amides is 1. The van der Waals surface area contributed by atoms with Crippen LogP contribution in [0.4, 0.5) is 0 Å². The number of thiocarbonyl (C=S) groups is 1. The molecule has 1 aromatic carbocycles. The van der Waals surface area contributed by atoms with Crippen LogP contribution >= 0.6 is 24.0 Å². The second-order valence-corrected chi connectivity index (χ2v) is 6.95. The smallest absolute Gasteiger partial charge is 0.327 e. The van der Waals surface area contributed by atoms with Crippen LogP contribution in [0.1, 0.15) is 11.6 Å². The average molecular weight is 389 g/mol. The lowest BCUT2D eigenvalue weighted by Gasteiger charge is -2.36. The quantitative estimate of drug-likeness (QED) is 0.472. The number of hydrogen-bond acceptors (Lipinski definition) is 7. The molecular formula is C15H11N5O4S2. The molecule has 0 saturated heterocycles. The highest BCUT2D eigenvalue weighted by Crippen LogP contribution is 2.38. The van der Waals surface area contributed by atoms with E-state index in [0.29, 0.717) is 11.6 Å². The molecule has 2 atom stereocenters. The van der Waals surface area contributed by atoms with E-state index in [1.165, 1.54) is 11.1 Å². The molecule has 3 aliphatic heterocycles. The zero-order valence-corrected chi connectivity index (χ0v) is 14.9. The molecule has 0 spiro atoms. The van der Waals surface area contributed by atoms with Crippen LogP contribution in [0.2, 0.25) is 0 Å². The number of thioether (sulfide) groups is 1. The van der Waals surface area contributed by atoms with Crippen LogP contribution in [0, 0.1) is 16.0 Å². The number of fused-ring (bicyclic) bond motifs is 3. The molecule has 3 heterocycles. The number of benzene rings is 1. The SMILES string of the molecule is COc1ccc(C2NC(=S)N=C3C2C(=O)N=C2SC([N+](=O)[O-])=CN23)cc1. The van der Waals surface area contributed by atoms with E-state index in [-0.39, 0.29) is 15.3 Å². The molecule has 2 unspecified atom stereocenters. The molecule has 0 aromatic heterocycles. The number of ether oxygens (including phenoxy) is 1. The molecule has 0 aliphatic carbocycles. The number of carbonyl (C=O) groups is 1. The van der Waals surface area contributed by atoms with Gasteiger partial charge in [-0.1, -0.05) is 12.1 Å². The van der Waals surface area contributed by atoms with Crippen LogP contribution in [-0.4, -0.2) is 39.0 Å². The summed E-state index contributed by atoms with van der Waals surface area (Å²) in [5.41, 5.74) is 0.808. The van der Waals surface area contributed by atoms with Gasteiger partial charge in [0.05, 0.1) is 24.3 Å². The molecule has 0 saturated carbocycles. The molecule has 9 nitrogen and oxygen atoms in total. The van der Waals surface area contributed by atoms with E-state index in [4.69, 9.17) is 17.0 Å². The Morgan fingerprint density at radius 2 is 2.08 bits per heavy atom. The summed E-state index contributed by atoms with van der Waals surface area (Å²) >= 11 is 6.04. The molecule has 26 heavy (non-hydrogen) atoms. The standard InChI is InChI=1S/C15H11N5O4S2/c1-24-8-4-2-7(3-5-8)11-10-12(17-14(25)16-11)19-6-9(20(22)23)26-15(19)18-13(10)21/h2-6,10-11H,1H3,(H,16,25). The summed E-state index contributed by atoms with van der Waals surface area (Å²) < 4.78 is 5.16. The van der Waals surface area contributed by atoms with Crippen molar-refractivity contribution in [3.63, 3.8) is 0 Å². The second kappa shape index (κ2) is 6.18. The summed E-state index contributed by atoms with van der Waals surface area (Å²) in [7, 11) is 1.57. The Morgan fingerprint density at radius 3 is 2.73 bits per heavy atom. The lowest BCUT2D eigenvalue weighted by atomic mass is 9.89.